The molecule has 4 heteroatoms. The highest BCUT2D eigenvalue weighted by Crippen LogP contribution is 2.18. The molecule has 2 aromatic heterocycles. The lowest BCUT2D eigenvalue weighted by Crippen LogP contribution is -1.96. The third kappa shape index (κ3) is 1.46. The first-order chi connectivity index (χ1) is 6.81. The molecule has 0 unspecified atom stereocenters. The van der Waals surface area contributed by atoms with Crippen LogP contribution >= 0.6 is 0 Å². The lowest BCUT2D eigenvalue weighted by Gasteiger charge is -2.06. The van der Waals surface area contributed by atoms with Crippen molar-refractivity contribution in [1.29, 1.82) is 0 Å². The summed E-state index contributed by atoms with van der Waals surface area (Å²) in [5.74, 6) is 0.602. The second-order valence-electron chi connectivity index (χ2n) is 2.95. The van der Waals surface area contributed by atoms with E-state index in [-0.39, 0.29) is 0 Å². The molecule has 0 fully saturated rings. The first-order valence-corrected chi connectivity index (χ1v) is 4.31. The monoisotopic (exact) mass is 189 g/mol. The largest absolute Gasteiger partial charge is 0.480 e. The van der Waals surface area contributed by atoms with Crippen LogP contribution in [0.15, 0.2) is 30.9 Å². The standard InChI is InChI=1S/C10H11N3O/c1-8-6-13(7-12-8)9-4-3-5-11-10(9)14-2/h3-7H,1-2H3. The third-order valence-electron chi connectivity index (χ3n) is 1.93. The van der Waals surface area contributed by atoms with E-state index in [4.69, 9.17) is 4.74 Å². The summed E-state index contributed by atoms with van der Waals surface area (Å²) < 4.78 is 7.04. The van der Waals surface area contributed by atoms with Crippen molar-refractivity contribution in [2.75, 3.05) is 7.11 Å². The normalized spacial score (nSPS) is 10.1. The van der Waals surface area contributed by atoms with E-state index in [2.05, 4.69) is 9.97 Å². The average Bonchev–Trinajstić information content (AvgIpc) is 2.65. The Bertz CT molecular complexity index is 436. The maximum absolute atomic E-state index is 5.15. The predicted molar refractivity (Wildman–Crippen MR) is 52.6 cm³/mol. The van der Waals surface area contributed by atoms with Gasteiger partial charge in [-0.1, -0.05) is 0 Å². The quantitative estimate of drug-likeness (QED) is 0.720. The minimum atomic E-state index is 0.602. The average molecular weight is 189 g/mol. The number of rotatable bonds is 2. The Morgan fingerprint density at radius 3 is 2.86 bits per heavy atom. The molecule has 2 aromatic rings. The molecule has 0 aromatic carbocycles. The van der Waals surface area contributed by atoms with E-state index < -0.39 is 0 Å². The van der Waals surface area contributed by atoms with Crippen LogP contribution in [0.2, 0.25) is 0 Å². The van der Waals surface area contributed by atoms with Crippen molar-refractivity contribution in [3.8, 4) is 11.6 Å². The molecule has 0 aliphatic carbocycles. The van der Waals surface area contributed by atoms with Crippen LogP contribution in [0.4, 0.5) is 0 Å². The Kier molecular flexibility index (Phi) is 2.18. The molecule has 0 bridgehead atoms. The summed E-state index contributed by atoms with van der Waals surface area (Å²) in [4.78, 5) is 8.26. The minimum absolute atomic E-state index is 0.602. The molecule has 2 heterocycles. The van der Waals surface area contributed by atoms with Gasteiger partial charge in [-0.25, -0.2) is 9.97 Å². The van der Waals surface area contributed by atoms with Gasteiger partial charge in [0.2, 0.25) is 5.88 Å². The molecule has 0 aliphatic heterocycles. The fourth-order valence-electron chi connectivity index (χ4n) is 1.29. The van der Waals surface area contributed by atoms with Gasteiger partial charge in [-0.2, -0.15) is 0 Å². The number of hydrogen-bond donors (Lipinski definition) is 0. The van der Waals surface area contributed by atoms with E-state index >= 15 is 0 Å². The van der Waals surface area contributed by atoms with Crippen molar-refractivity contribution in [2.45, 2.75) is 6.92 Å². The number of nitrogens with zero attached hydrogens (tertiary/aromatic N) is 3. The molecule has 0 spiro atoms. The van der Waals surface area contributed by atoms with E-state index in [1.807, 2.05) is 29.8 Å². The first-order valence-electron chi connectivity index (χ1n) is 4.31. The summed E-state index contributed by atoms with van der Waals surface area (Å²) >= 11 is 0. The van der Waals surface area contributed by atoms with Crippen molar-refractivity contribution in [3.63, 3.8) is 0 Å². The molecule has 0 N–H and O–H groups in total. The zero-order chi connectivity index (χ0) is 9.97. The second-order valence-corrected chi connectivity index (χ2v) is 2.95. The number of imidazole rings is 1. The molecule has 0 aliphatic rings. The molecule has 72 valence electrons. The van der Waals surface area contributed by atoms with Gasteiger partial charge in [-0.15, -0.1) is 0 Å². The Morgan fingerprint density at radius 1 is 1.36 bits per heavy atom. The molecule has 14 heavy (non-hydrogen) atoms. The molecule has 0 amide bonds. The highest BCUT2D eigenvalue weighted by Gasteiger charge is 2.04. The van der Waals surface area contributed by atoms with E-state index in [1.54, 1.807) is 19.6 Å². The van der Waals surface area contributed by atoms with Crippen LogP contribution in [-0.4, -0.2) is 21.6 Å². The van der Waals surface area contributed by atoms with Crippen molar-refractivity contribution >= 4 is 0 Å². The number of aryl methyl sites for hydroxylation is 1. The van der Waals surface area contributed by atoms with E-state index in [0.29, 0.717) is 5.88 Å². The smallest absolute Gasteiger partial charge is 0.238 e. The number of methoxy groups -OCH3 is 1. The van der Waals surface area contributed by atoms with Crippen LogP contribution in [0.3, 0.4) is 0 Å². The Balaban J connectivity index is 2.50. The van der Waals surface area contributed by atoms with Gasteiger partial charge in [-0.3, -0.25) is 0 Å². The molecular weight excluding hydrogens is 178 g/mol. The molecule has 0 saturated heterocycles. The van der Waals surface area contributed by atoms with E-state index in [0.717, 1.165) is 11.4 Å². The second kappa shape index (κ2) is 3.49. The number of hydrogen-bond acceptors (Lipinski definition) is 3. The van der Waals surface area contributed by atoms with Crippen molar-refractivity contribution in [2.24, 2.45) is 0 Å². The SMILES string of the molecule is COc1ncccc1-n1cnc(C)c1. The van der Waals surface area contributed by atoms with Crippen LogP contribution in [-0.2, 0) is 0 Å². The number of ether oxygens (including phenoxy) is 1. The zero-order valence-corrected chi connectivity index (χ0v) is 8.14. The van der Waals surface area contributed by atoms with Crippen molar-refractivity contribution in [1.82, 2.24) is 14.5 Å². The molecule has 2 rings (SSSR count). The molecule has 0 radical (unpaired) electrons. The highest BCUT2D eigenvalue weighted by molar-refractivity contribution is 5.41. The topological polar surface area (TPSA) is 39.9 Å². The highest BCUT2D eigenvalue weighted by atomic mass is 16.5. The number of pyridine rings is 1. The Morgan fingerprint density at radius 2 is 2.21 bits per heavy atom. The van der Waals surface area contributed by atoms with Gasteiger partial charge in [0.05, 0.1) is 19.1 Å². The lowest BCUT2D eigenvalue weighted by molar-refractivity contribution is 0.396. The maximum Gasteiger partial charge on any atom is 0.238 e. The minimum Gasteiger partial charge on any atom is -0.480 e. The van der Waals surface area contributed by atoms with Gasteiger partial charge in [0.25, 0.3) is 0 Å². The van der Waals surface area contributed by atoms with Crippen LogP contribution in [0, 0.1) is 6.92 Å². The third-order valence-corrected chi connectivity index (χ3v) is 1.93. The summed E-state index contributed by atoms with van der Waals surface area (Å²) in [7, 11) is 1.61. The summed E-state index contributed by atoms with van der Waals surface area (Å²) in [6, 6.07) is 3.81. The van der Waals surface area contributed by atoms with Crippen molar-refractivity contribution in [3.05, 3.63) is 36.5 Å². The summed E-state index contributed by atoms with van der Waals surface area (Å²) in [6.07, 6.45) is 5.38. The Hall–Kier alpha value is -1.84. The molecule has 4 nitrogen and oxygen atoms in total. The fraction of sp³-hybridized carbons (Fsp3) is 0.200. The lowest BCUT2D eigenvalue weighted by atomic mass is 10.4. The van der Waals surface area contributed by atoms with Gasteiger partial charge in [0.1, 0.15) is 5.69 Å². The molecule has 0 saturated carbocycles. The van der Waals surface area contributed by atoms with Crippen LogP contribution in [0.5, 0.6) is 5.88 Å². The Labute approximate surface area is 82.2 Å². The zero-order valence-electron chi connectivity index (χ0n) is 8.14. The first kappa shape index (κ1) is 8.74. The molecular formula is C10H11N3O. The predicted octanol–water partition coefficient (Wildman–Crippen LogP) is 1.58. The van der Waals surface area contributed by atoms with Gasteiger partial charge in [0.15, 0.2) is 0 Å². The summed E-state index contributed by atoms with van der Waals surface area (Å²) in [6.45, 7) is 1.94. The van der Waals surface area contributed by atoms with Gasteiger partial charge in [0, 0.05) is 12.4 Å². The van der Waals surface area contributed by atoms with E-state index in [9.17, 15) is 0 Å². The van der Waals surface area contributed by atoms with Crippen LogP contribution < -0.4 is 4.74 Å². The van der Waals surface area contributed by atoms with Gasteiger partial charge >= 0.3 is 0 Å². The van der Waals surface area contributed by atoms with Gasteiger partial charge in [-0.05, 0) is 19.1 Å². The summed E-state index contributed by atoms with van der Waals surface area (Å²) in [5, 5.41) is 0. The van der Waals surface area contributed by atoms with Gasteiger partial charge < -0.3 is 9.30 Å². The maximum atomic E-state index is 5.15. The van der Waals surface area contributed by atoms with E-state index in [1.165, 1.54) is 0 Å². The van der Waals surface area contributed by atoms with Crippen LogP contribution in [0.1, 0.15) is 5.69 Å². The summed E-state index contributed by atoms with van der Waals surface area (Å²) in [5.41, 5.74) is 1.87. The fourth-order valence-corrected chi connectivity index (χ4v) is 1.29. The van der Waals surface area contributed by atoms with Crippen molar-refractivity contribution < 1.29 is 4.74 Å². The number of aromatic nitrogens is 3. The molecule has 0 atom stereocenters. The van der Waals surface area contributed by atoms with Crippen LogP contribution in [0.25, 0.3) is 5.69 Å².